The predicted octanol–water partition coefficient (Wildman–Crippen LogP) is 3.74. The van der Waals surface area contributed by atoms with Crippen molar-refractivity contribution in [2.24, 2.45) is 0 Å². The first-order valence-electron chi connectivity index (χ1n) is 6.62. The minimum atomic E-state index is -9.68. The Hall–Kier alpha value is -2.30. The molecule has 0 saturated heterocycles. The highest BCUT2D eigenvalue weighted by molar-refractivity contribution is 8.45. The van der Waals surface area contributed by atoms with Crippen LogP contribution in [0.5, 0.6) is 11.8 Å². The van der Waals surface area contributed by atoms with E-state index >= 15 is 0 Å². The van der Waals surface area contributed by atoms with Crippen molar-refractivity contribution in [1.29, 1.82) is 0 Å². The van der Waals surface area contributed by atoms with Gasteiger partial charge in [0.05, 0.1) is 6.54 Å². The van der Waals surface area contributed by atoms with Gasteiger partial charge in [-0.25, -0.2) is 0 Å². The summed E-state index contributed by atoms with van der Waals surface area (Å²) >= 11 is 0. The summed E-state index contributed by atoms with van der Waals surface area (Å²) in [6, 6.07) is 3.57. The molecule has 1 aromatic carbocycles. The smallest absolute Gasteiger partial charge is 0.310 e. The molecule has 0 bridgehead atoms. The highest BCUT2D eigenvalue weighted by Crippen LogP contribution is 3.02. The van der Waals surface area contributed by atoms with Crippen LogP contribution in [0.4, 0.5) is 19.4 Å². The van der Waals surface area contributed by atoms with Gasteiger partial charge in [0.25, 0.3) is 11.6 Å². The second-order valence-electron chi connectivity index (χ2n) is 5.19. The molecule has 0 saturated carbocycles. The average Bonchev–Trinajstić information content (AvgIpc) is 2.85. The zero-order valence-electron chi connectivity index (χ0n) is 11.9. The van der Waals surface area contributed by atoms with Gasteiger partial charge in [-0.05, 0) is 24.3 Å². The highest BCUT2D eigenvalue weighted by atomic mass is 32.5. The summed E-state index contributed by atoms with van der Waals surface area (Å²) in [5, 5.41) is 0. The molecule has 0 radical (unpaired) electrons. The van der Waals surface area contributed by atoms with E-state index in [0.29, 0.717) is 6.54 Å². The van der Waals surface area contributed by atoms with Gasteiger partial charge in [0.2, 0.25) is 0 Å². The van der Waals surface area contributed by atoms with Crippen LogP contribution in [0, 0.1) is 0 Å². The molecule has 1 aromatic heterocycles. The normalized spacial score (nSPS) is 19.8. The van der Waals surface area contributed by atoms with Gasteiger partial charge < -0.3 is 9.47 Å². The molecule has 1 aliphatic rings. The van der Waals surface area contributed by atoms with Crippen LogP contribution in [0.3, 0.4) is 0 Å². The van der Waals surface area contributed by atoms with Gasteiger partial charge in [-0.2, -0.15) is 4.98 Å². The number of hydrogen-bond donors (Lipinski definition) is 0. The van der Waals surface area contributed by atoms with Gasteiger partial charge in [0.15, 0.2) is 6.10 Å². The quantitative estimate of drug-likeness (QED) is 0.770. The van der Waals surface area contributed by atoms with E-state index in [4.69, 9.17) is 9.47 Å². The monoisotopic (exact) mass is 370 g/mol. The molecular weight excluding hydrogens is 359 g/mol. The van der Waals surface area contributed by atoms with Crippen molar-refractivity contribution >= 4 is 10.2 Å². The lowest BCUT2D eigenvalue weighted by atomic mass is 10.3. The maximum atomic E-state index is 12.6. The third kappa shape index (κ3) is 3.61. The van der Waals surface area contributed by atoms with Crippen LogP contribution >= 0.6 is 10.2 Å². The van der Waals surface area contributed by atoms with E-state index in [1.54, 1.807) is 4.57 Å². The first-order chi connectivity index (χ1) is 10.9. The zero-order chi connectivity index (χ0) is 17.7. The maximum Gasteiger partial charge on any atom is 0.310 e. The topological polar surface area (TPSA) is 53.4 Å². The summed E-state index contributed by atoms with van der Waals surface area (Å²) in [5.41, 5.74) is -0.464. The third-order valence-corrected chi connectivity index (χ3v) is 4.39. The molecule has 0 unspecified atom stereocenters. The Kier molecular flexibility index (Phi) is 3.19. The fourth-order valence-electron chi connectivity index (χ4n) is 2.12. The van der Waals surface area contributed by atoms with Crippen LogP contribution in [0.2, 0.25) is 0 Å². The molecule has 3 rings (SSSR count). The third-order valence-electron chi connectivity index (χ3n) is 3.23. The molecule has 0 spiro atoms. The second kappa shape index (κ2) is 4.62. The Morgan fingerprint density at radius 2 is 1.83 bits per heavy atom. The number of hydrogen-bond acceptors (Lipinski definition) is 4. The number of fused-ring (bicyclic) bond motifs is 1. The minimum Gasteiger partial charge on any atom is -0.490 e. The fourth-order valence-corrected chi connectivity index (χ4v) is 2.77. The summed E-state index contributed by atoms with van der Waals surface area (Å²) in [6.45, 7) is 0.291. The second-order valence-corrected chi connectivity index (χ2v) is 7.60. The molecule has 1 aliphatic heterocycles. The van der Waals surface area contributed by atoms with Crippen molar-refractivity contribution < 1.29 is 28.9 Å². The Balaban J connectivity index is 1.64. The number of halogens is 5. The summed E-state index contributed by atoms with van der Waals surface area (Å²) in [4.78, 5) is 12.8. The van der Waals surface area contributed by atoms with E-state index in [1.165, 1.54) is 12.3 Å². The molecule has 1 atom stereocenters. The van der Waals surface area contributed by atoms with Gasteiger partial charge in [-0.3, -0.25) is 9.36 Å². The number of ether oxygens (including phenoxy) is 2. The van der Waals surface area contributed by atoms with Gasteiger partial charge in [0, 0.05) is 12.3 Å². The fraction of sp³-hybridized carbons (Fsp3) is 0.231. The standard InChI is InChI=1S/C13H11F5N2O3S/c14-24(15,16,17,18)11-3-1-9(2-4-11)22-8-10-7-20-6-5-12(21)19-13(20)23-10/h1-6,10H,7-8H2/t10-/m0/s1. The van der Waals surface area contributed by atoms with E-state index in [2.05, 4.69) is 4.98 Å². The van der Waals surface area contributed by atoms with Crippen molar-refractivity contribution in [3.05, 3.63) is 46.9 Å². The predicted molar refractivity (Wildman–Crippen MR) is 76.2 cm³/mol. The van der Waals surface area contributed by atoms with Crippen molar-refractivity contribution in [2.75, 3.05) is 6.61 Å². The van der Waals surface area contributed by atoms with E-state index < -0.39 is 26.8 Å². The summed E-state index contributed by atoms with van der Waals surface area (Å²) in [5.74, 6) is -0.0115. The van der Waals surface area contributed by atoms with E-state index in [0.717, 1.165) is 12.1 Å². The molecule has 0 aliphatic carbocycles. The molecule has 11 heteroatoms. The van der Waals surface area contributed by atoms with Crippen LogP contribution in [-0.2, 0) is 6.54 Å². The van der Waals surface area contributed by atoms with Gasteiger partial charge >= 0.3 is 10.2 Å². The molecule has 0 fully saturated rings. The lowest BCUT2D eigenvalue weighted by Crippen LogP contribution is -2.23. The molecule has 2 aromatic rings. The van der Waals surface area contributed by atoms with Crippen LogP contribution in [0.1, 0.15) is 0 Å². The van der Waals surface area contributed by atoms with E-state index in [-0.39, 0.29) is 30.5 Å². The Morgan fingerprint density at radius 1 is 1.17 bits per heavy atom. The molecule has 2 heterocycles. The molecule has 0 N–H and O–H groups in total. The van der Waals surface area contributed by atoms with Gasteiger partial charge in [-0.1, -0.05) is 19.4 Å². The number of benzene rings is 1. The van der Waals surface area contributed by atoms with E-state index in [9.17, 15) is 24.2 Å². The van der Waals surface area contributed by atoms with Crippen LogP contribution in [0.25, 0.3) is 0 Å². The Bertz CT molecular complexity index is 836. The summed E-state index contributed by atoms with van der Waals surface area (Å²) in [7, 11) is -9.68. The minimum absolute atomic E-state index is 0.0115. The van der Waals surface area contributed by atoms with Crippen molar-refractivity contribution in [1.82, 2.24) is 9.55 Å². The van der Waals surface area contributed by atoms with Crippen molar-refractivity contribution in [3.63, 3.8) is 0 Å². The average molecular weight is 370 g/mol. The first kappa shape index (κ1) is 16.6. The van der Waals surface area contributed by atoms with Crippen molar-refractivity contribution in [3.8, 4) is 11.8 Å². The summed E-state index contributed by atoms with van der Waals surface area (Å²) < 4.78 is 75.2. The maximum absolute atomic E-state index is 12.6. The van der Waals surface area contributed by atoms with Crippen LogP contribution in [-0.4, -0.2) is 22.3 Å². The molecule has 132 valence electrons. The van der Waals surface area contributed by atoms with E-state index in [1.807, 2.05) is 0 Å². The number of rotatable bonds is 4. The van der Waals surface area contributed by atoms with Crippen LogP contribution in [0.15, 0.2) is 46.2 Å². The zero-order valence-corrected chi connectivity index (χ0v) is 12.7. The Labute approximate surface area is 132 Å². The number of nitrogens with zero attached hydrogens (tertiary/aromatic N) is 2. The van der Waals surface area contributed by atoms with Gasteiger partial charge in [0.1, 0.15) is 17.3 Å². The van der Waals surface area contributed by atoms with Gasteiger partial charge in [-0.15, -0.1) is 0 Å². The van der Waals surface area contributed by atoms with Crippen LogP contribution < -0.4 is 15.0 Å². The molecule has 0 amide bonds. The molecule has 5 nitrogen and oxygen atoms in total. The highest BCUT2D eigenvalue weighted by Gasteiger charge is 2.65. The molecular formula is C13H11F5N2O3S. The van der Waals surface area contributed by atoms with Crippen molar-refractivity contribution in [2.45, 2.75) is 17.5 Å². The number of aromatic nitrogens is 2. The lowest BCUT2D eigenvalue weighted by Gasteiger charge is -2.40. The first-order valence-corrected chi connectivity index (χ1v) is 8.57. The largest absolute Gasteiger partial charge is 0.490 e. The summed E-state index contributed by atoms with van der Waals surface area (Å²) in [6.07, 6.45) is 0.989. The molecule has 24 heavy (non-hydrogen) atoms. The Morgan fingerprint density at radius 3 is 2.46 bits per heavy atom. The lowest BCUT2D eigenvalue weighted by molar-refractivity contribution is 0.143. The SMILES string of the molecule is O=c1ccn2c(n1)O[C@H](COc1ccc(S(F)(F)(F)(F)F)cc1)C2.